The van der Waals surface area contributed by atoms with Gasteiger partial charge in [-0.25, -0.2) is 4.98 Å². The van der Waals surface area contributed by atoms with Crippen LogP contribution in [0.25, 0.3) is 11.6 Å². The molecule has 0 atom stereocenters. The maximum Gasteiger partial charge on any atom is 0.256 e. The monoisotopic (exact) mass is 316 g/mol. The van der Waals surface area contributed by atoms with E-state index in [1.807, 2.05) is 18.2 Å². The quantitative estimate of drug-likeness (QED) is 0.802. The van der Waals surface area contributed by atoms with Gasteiger partial charge < -0.3 is 5.32 Å². The van der Waals surface area contributed by atoms with Crippen LogP contribution in [0, 0.1) is 0 Å². The molecule has 5 heteroatoms. The Morgan fingerprint density at radius 1 is 1.29 bits per heavy atom. The predicted molar refractivity (Wildman–Crippen MR) is 86.7 cm³/mol. The fourth-order valence-electron chi connectivity index (χ4n) is 2.86. The number of amides is 1. The number of fused-ring (bicyclic) bond motifs is 2. The number of nitrogens with one attached hydrogen (secondary N) is 1. The molecule has 2 aliphatic rings. The second-order valence-corrected chi connectivity index (χ2v) is 6.88. The lowest BCUT2D eigenvalue weighted by Crippen LogP contribution is -2.03. The number of carbonyl (C=O) groups excluding carboxylic acids is 1. The second-order valence-electron chi connectivity index (χ2n) is 5.33. The summed E-state index contributed by atoms with van der Waals surface area (Å²) in [6.07, 6.45) is 6.52. The fourth-order valence-corrected chi connectivity index (χ4v) is 4.13. The second kappa shape index (κ2) is 4.97. The largest absolute Gasteiger partial charge is 0.321 e. The van der Waals surface area contributed by atoms with Crippen molar-refractivity contribution >= 4 is 46.2 Å². The standard InChI is InChI=1S/C16H13ClN2OS/c17-9-5-6-12-10(7-9)11(16(20)19-12)8-15-18-13-3-1-2-4-14(13)21-15/h5-8H,1-4H2,(H,19,20). The first kappa shape index (κ1) is 13.0. The fraction of sp³-hybridized carbons (Fsp3) is 0.250. The van der Waals surface area contributed by atoms with Crippen LogP contribution in [0.15, 0.2) is 18.2 Å². The molecule has 3 nitrogen and oxygen atoms in total. The van der Waals surface area contributed by atoms with E-state index in [4.69, 9.17) is 11.6 Å². The van der Waals surface area contributed by atoms with Gasteiger partial charge in [0.05, 0.1) is 11.3 Å². The third-order valence-electron chi connectivity index (χ3n) is 3.89. The van der Waals surface area contributed by atoms with Gasteiger partial charge in [0.15, 0.2) is 0 Å². The highest BCUT2D eigenvalue weighted by atomic mass is 35.5. The van der Waals surface area contributed by atoms with Crippen LogP contribution in [0.4, 0.5) is 5.69 Å². The number of rotatable bonds is 1. The van der Waals surface area contributed by atoms with Crippen LogP contribution in [-0.4, -0.2) is 10.9 Å². The van der Waals surface area contributed by atoms with E-state index in [0.29, 0.717) is 10.6 Å². The van der Waals surface area contributed by atoms with Crippen molar-refractivity contribution in [1.82, 2.24) is 4.98 Å². The summed E-state index contributed by atoms with van der Waals surface area (Å²) in [6.45, 7) is 0. The summed E-state index contributed by atoms with van der Waals surface area (Å²) in [5.74, 6) is -0.0829. The van der Waals surface area contributed by atoms with E-state index in [-0.39, 0.29) is 5.91 Å². The molecule has 1 N–H and O–H groups in total. The summed E-state index contributed by atoms with van der Waals surface area (Å²) in [5, 5.41) is 4.42. The van der Waals surface area contributed by atoms with Gasteiger partial charge in [0.1, 0.15) is 5.01 Å². The maximum atomic E-state index is 12.1. The number of aryl methyl sites for hydroxylation is 2. The molecule has 0 saturated carbocycles. The molecule has 4 rings (SSSR count). The molecule has 1 aliphatic carbocycles. The van der Waals surface area contributed by atoms with Crippen LogP contribution < -0.4 is 5.32 Å². The normalized spacial score (nSPS) is 18.5. The Balaban J connectivity index is 1.78. The molecule has 0 saturated heterocycles. The van der Waals surface area contributed by atoms with Gasteiger partial charge >= 0.3 is 0 Å². The Morgan fingerprint density at radius 3 is 3.00 bits per heavy atom. The Bertz CT molecular complexity index is 755. The number of nitrogens with zero attached hydrogens (tertiary/aromatic N) is 1. The third kappa shape index (κ3) is 2.28. The molecule has 2 aromatic rings. The number of halogens is 1. The molecule has 1 amide bonds. The molecule has 1 aromatic heterocycles. The van der Waals surface area contributed by atoms with Crippen LogP contribution in [0.5, 0.6) is 0 Å². The Morgan fingerprint density at radius 2 is 2.14 bits per heavy atom. The molecule has 21 heavy (non-hydrogen) atoms. The molecule has 0 spiro atoms. The number of benzene rings is 1. The van der Waals surface area contributed by atoms with Gasteiger partial charge in [-0.3, -0.25) is 4.79 Å². The van der Waals surface area contributed by atoms with Crippen LogP contribution in [-0.2, 0) is 17.6 Å². The SMILES string of the molecule is O=C1Nc2ccc(Cl)cc2C1=Cc1nc2c(s1)CCCC2. The predicted octanol–water partition coefficient (Wildman–Crippen LogP) is 4.17. The minimum atomic E-state index is -0.0829. The van der Waals surface area contributed by atoms with E-state index in [0.717, 1.165) is 29.1 Å². The van der Waals surface area contributed by atoms with Crippen molar-refractivity contribution in [3.05, 3.63) is 44.4 Å². The lowest BCUT2D eigenvalue weighted by Gasteiger charge is -2.06. The first-order chi connectivity index (χ1) is 10.2. The first-order valence-corrected chi connectivity index (χ1v) is 8.22. The summed E-state index contributed by atoms with van der Waals surface area (Å²) in [4.78, 5) is 18.2. The van der Waals surface area contributed by atoms with Crippen LogP contribution in [0.2, 0.25) is 5.02 Å². The van der Waals surface area contributed by atoms with E-state index < -0.39 is 0 Å². The molecule has 1 aliphatic heterocycles. The molecule has 0 unspecified atom stereocenters. The molecular formula is C16H13ClN2OS. The molecule has 0 radical (unpaired) electrons. The van der Waals surface area contributed by atoms with Crippen molar-refractivity contribution in [3.8, 4) is 0 Å². The average molecular weight is 317 g/mol. The zero-order valence-electron chi connectivity index (χ0n) is 11.3. The van der Waals surface area contributed by atoms with Gasteiger partial charge in [-0.15, -0.1) is 11.3 Å². The molecule has 0 bridgehead atoms. The van der Waals surface area contributed by atoms with Crippen molar-refractivity contribution in [2.75, 3.05) is 5.32 Å². The molecule has 2 heterocycles. The summed E-state index contributed by atoms with van der Waals surface area (Å²) in [7, 11) is 0. The zero-order chi connectivity index (χ0) is 14.4. The lowest BCUT2D eigenvalue weighted by molar-refractivity contribution is -0.110. The Kier molecular flexibility index (Phi) is 3.08. The summed E-state index contributed by atoms with van der Waals surface area (Å²) in [6, 6.07) is 5.45. The molecule has 1 aromatic carbocycles. The third-order valence-corrected chi connectivity index (χ3v) is 5.23. The van der Waals surface area contributed by atoms with E-state index in [1.54, 1.807) is 17.4 Å². The minimum Gasteiger partial charge on any atom is -0.321 e. The van der Waals surface area contributed by atoms with Crippen molar-refractivity contribution in [2.45, 2.75) is 25.7 Å². The number of hydrogen-bond donors (Lipinski definition) is 1. The number of thiazole rings is 1. The van der Waals surface area contributed by atoms with E-state index in [9.17, 15) is 4.79 Å². The van der Waals surface area contributed by atoms with E-state index >= 15 is 0 Å². The van der Waals surface area contributed by atoms with Crippen molar-refractivity contribution in [1.29, 1.82) is 0 Å². The zero-order valence-corrected chi connectivity index (χ0v) is 12.9. The smallest absolute Gasteiger partial charge is 0.256 e. The van der Waals surface area contributed by atoms with Gasteiger partial charge in [-0.05, 0) is 50.0 Å². The molecular weight excluding hydrogens is 304 g/mol. The number of hydrogen-bond acceptors (Lipinski definition) is 3. The number of anilines is 1. The molecule has 106 valence electrons. The van der Waals surface area contributed by atoms with Gasteiger partial charge in [-0.2, -0.15) is 0 Å². The number of aromatic nitrogens is 1. The Hall–Kier alpha value is -1.65. The van der Waals surface area contributed by atoms with Crippen molar-refractivity contribution in [3.63, 3.8) is 0 Å². The van der Waals surface area contributed by atoms with Crippen molar-refractivity contribution in [2.24, 2.45) is 0 Å². The van der Waals surface area contributed by atoms with Crippen LogP contribution >= 0.6 is 22.9 Å². The lowest BCUT2D eigenvalue weighted by atomic mass is 10.0. The highest BCUT2D eigenvalue weighted by Gasteiger charge is 2.25. The Labute approximate surface area is 131 Å². The van der Waals surface area contributed by atoms with Crippen LogP contribution in [0.1, 0.15) is 34.0 Å². The van der Waals surface area contributed by atoms with Crippen LogP contribution in [0.3, 0.4) is 0 Å². The summed E-state index contributed by atoms with van der Waals surface area (Å²) >= 11 is 7.75. The van der Waals surface area contributed by atoms with Crippen molar-refractivity contribution < 1.29 is 4.79 Å². The van der Waals surface area contributed by atoms with Gasteiger partial charge in [-0.1, -0.05) is 11.6 Å². The van der Waals surface area contributed by atoms with Gasteiger partial charge in [0.25, 0.3) is 5.91 Å². The summed E-state index contributed by atoms with van der Waals surface area (Å²) in [5.41, 5.74) is 3.54. The average Bonchev–Trinajstić information content (AvgIpc) is 3.01. The maximum absolute atomic E-state index is 12.1. The first-order valence-electron chi connectivity index (χ1n) is 7.02. The van der Waals surface area contributed by atoms with E-state index in [2.05, 4.69) is 10.3 Å². The highest BCUT2D eigenvalue weighted by Crippen LogP contribution is 2.36. The van der Waals surface area contributed by atoms with Gasteiger partial charge in [0, 0.05) is 21.2 Å². The topological polar surface area (TPSA) is 42.0 Å². The minimum absolute atomic E-state index is 0.0829. The molecule has 0 fully saturated rings. The number of carbonyl (C=O) groups is 1. The van der Waals surface area contributed by atoms with E-state index in [1.165, 1.54) is 23.4 Å². The highest BCUT2D eigenvalue weighted by molar-refractivity contribution is 7.12. The summed E-state index contributed by atoms with van der Waals surface area (Å²) < 4.78 is 0. The van der Waals surface area contributed by atoms with Gasteiger partial charge in [0.2, 0.25) is 0 Å².